The van der Waals surface area contributed by atoms with E-state index in [0.717, 1.165) is 39.9 Å². The molecule has 1 aliphatic heterocycles. The Bertz CT molecular complexity index is 1310. The molecule has 1 N–H and O–H groups in total. The Balaban J connectivity index is 1.20. The number of benzene rings is 2. The molecule has 8 heteroatoms. The Hall–Kier alpha value is -3.81. The molecule has 0 saturated carbocycles. The number of nitrogens with zero attached hydrogens (tertiary/aromatic N) is 3. The van der Waals surface area contributed by atoms with Crippen LogP contribution in [0.1, 0.15) is 49.0 Å². The number of rotatable bonds is 10. The Morgan fingerprint density at radius 1 is 1.11 bits per heavy atom. The van der Waals surface area contributed by atoms with Crippen molar-refractivity contribution in [3.8, 4) is 11.5 Å². The van der Waals surface area contributed by atoms with Gasteiger partial charge in [-0.1, -0.05) is 29.4 Å². The molecule has 4 aromatic rings. The summed E-state index contributed by atoms with van der Waals surface area (Å²) in [4.78, 5) is 22.5. The van der Waals surface area contributed by atoms with Crippen LogP contribution in [-0.2, 0) is 17.6 Å². The quantitative estimate of drug-likeness (QED) is 0.364. The molecule has 1 amide bonds. The molecule has 5 rings (SSSR count). The first-order valence-corrected chi connectivity index (χ1v) is 12.2. The topological polar surface area (TPSA) is 93.5 Å². The average molecular weight is 475 g/mol. The number of carbonyl (C=O) groups excluding carboxylic acids is 1. The van der Waals surface area contributed by atoms with Gasteiger partial charge in [-0.3, -0.25) is 4.79 Å². The van der Waals surface area contributed by atoms with Crippen LogP contribution in [0.3, 0.4) is 0 Å². The van der Waals surface area contributed by atoms with Gasteiger partial charge in [0.25, 0.3) is 0 Å². The van der Waals surface area contributed by atoms with Crippen LogP contribution in [0, 0.1) is 0 Å². The summed E-state index contributed by atoms with van der Waals surface area (Å²) in [5.74, 6) is 2.73. The maximum atomic E-state index is 12.7. The maximum absolute atomic E-state index is 12.7. The van der Waals surface area contributed by atoms with Crippen LogP contribution in [0.4, 0.5) is 0 Å². The highest BCUT2D eigenvalue weighted by atomic mass is 16.5. The Morgan fingerprint density at radius 2 is 1.94 bits per heavy atom. The van der Waals surface area contributed by atoms with Crippen molar-refractivity contribution >= 4 is 16.8 Å². The van der Waals surface area contributed by atoms with Crippen molar-refractivity contribution in [2.45, 2.75) is 39.0 Å². The van der Waals surface area contributed by atoms with E-state index in [1.54, 1.807) is 0 Å². The molecule has 0 aliphatic carbocycles. The van der Waals surface area contributed by atoms with Gasteiger partial charge in [0.2, 0.25) is 11.8 Å². The second kappa shape index (κ2) is 10.2. The van der Waals surface area contributed by atoms with Crippen LogP contribution in [0.5, 0.6) is 11.5 Å². The van der Waals surface area contributed by atoms with Crippen molar-refractivity contribution < 1.29 is 18.8 Å². The van der Waals surface area contributed by atoms with E-state index in [0.29, 0.717) is 50.9 Å². The van der Waals surface area contributed by atoms with E-state index < -0.39 is 0 Å². The zero-order valence-electron chi connectivity index (χ0n) is 20.1. The first-order valence-electron chi connectivity index (χ1n) is 12.2. The van der Waals surface area contributed by atoms with E-state index in [9.17, 15) is 4.79 Å². The zero-order chi connectivity index (χ0) is 24.2. The lowest BCUT2D eigenvalue weighted by Gasteiger charge is -2.17. The third-order valence-electron chi connectivity index (χ3n) is 6.36. The molecular weight excluding hydrogens is 444 g/mol. The normalized spacial score (nSPS) is 15.8. The predicted octanol–water partition coefficient (Wildman–Crippen LogP) is 4.50. The van der Waals surface area contributed by atoms with Gasteiger partial charge in [-0.05, 0) is 49.6 Å². The van der Waals surface area contributed by atoms with Crippen LogP contribution in [0.2, 0.25) is 0 Å². The number of amides is 1. The van der Waals surface area contributed by atoms with Gasteiger partial charge >= 0.3 is 0 Å². The average Bonchev–Trinajstić information content (AvgIpc) is 3.59. The number of ether oxygens (including phenoxy) is 2. The molecular formula is C27H30N4O4. The van der Waals surface area contributed by atoms with Gasteiger partial charge < -0.3 is 23.9 Å². The maximum Gasteiger partial charge on any atom is 0.231 e. The molecule has 1 unspecified atom stereocenters. The molecule has 1 saturated heterocycles. The van der Waals surface area contributed by atoms with E-state index in [-0.39, 0.29) is 11.8 Å². The second-order valence-electron chi connectivity index (χ2n) is 8.72. The smallest absolute Gasteiger partial charge is 0.231 e. The highest BCUT2D eigenvalue weighted by Gasteiger charge is 2.33. The minimum Gasteiger partial charge on any atom is -0.490 e. The number of aromatic amines is 1. The second-order valence-corrected chi connectivity index (χ2v) is 8.72. The fourth-order valence-corrected chi connectivity index (χ4v) is 4.62. The SMILES string of the molecule is CCOc1ccc(CCN2CC(c3noc(Cc4c[nH]c5ccccc45)n3)CC2=O)cc1OCC. The van der Waals surface area contributed by atoms with E-state index in [1.165, 1.54) is 0 Å². The summed E-state index contributed by atoms with van der Waals surface area (Å²) in [5, 5.41) is 5.35. The molecule has 2 aromatic heterocycles. The van der Waals surface area contributed by atoms with Crippen LogP contribution < -0.4 is 9.47 Å². The molecule has 0 spiro atoms. The summed E-state index contributed by atoms with van der Waals surface area (Å²) in [6.45, 7) is 6.30. The van der Waals surface area contributed by atoms with Crippen LogP contribution in [0.15, 0.2) is 53.2 Å². The molecule has 35 heavy (non-hydrogen) atoms. The molecule has 8 nitrogen and oxygen atoms in total. The van der Waals surface area contributed by atoms with Crippen LogP contribution in [0.25, 0.3) is 10.9 Å². The molecule has 2 aromatic carbocycles. The number of aromatic nitrogens is 3. The van der Waals surface area contributed by atoms with Crippen molar-refractivity contribution in [3.63, 3.8) is 0 Å². The third kappa shape index (κ3) is 5.01. The molecule has 1 fully saturated rings. The van der Waals surface area contributed by atoms with Gasteiger partial charge in [-0.2, -0.15) is 4.98 Å². The van der Waals surface area contributed by atoms with Gasteiger partial charge in [0.15, 0.2) is 17.3 Å². The highest BCUT2D eigenvalue weighted by molar-refractivity contribution is 5.83. The number of hydrogen-bond acceptors (Lipinski definition) is 6. The summed E-state index contributed by atoms with van der Waals surface area (Å²) in [6, 6.07) is 14.1. The highest BCUT2D eigenvalue weighted by Crippen LogP contribution is 2.30. The number of para-hydroxylation sites is 1. The summed E-state index contributed by atoms with van der Waals surface area (Å²) in [7, 11) is 0. The largest absolute Gasteiger partial charge is 0.490 e. The van der Waals surface area contributed by atoms with Crippen molar-refractivity contribution in [2.24, 2.45) is 0 Å². The third-order valence-corrected chi connectivity index (χ3v) is 6.36. The number of likely N-dealkylation sites (tertiary alicyclic amines) is 1. The van der Waals surface area contributed by atoms with E-state index >= 15 is 0 Å². The Labute approximate surface area is 204 Å². The fraction of sp³-hybridized carbons (Fsp3) is 0.370. The van der Waals surface area contributed by atoms with E-state index in [4.69, 9.17) is 14.0 Å². The van der Waals surface area contributed by atoms with Crippen molar-refractivity contribution in [1.29, 1.82) is 0 Å². The molecule has 182 valence electrons. The van der Waals surface area contributed by atoms with Crippen LogP contribution in [-0.4, -0.2) is 52.2 Å². The van der Waals surface area contributed by atoms with E-state index in [2.05, 4.69) is 21.2 Å². The van der Waals surface area contributed by atoms with Gasteiger partial charge in [-0.15, -0.1) is 0 Å². The number of fused-ring (bicyclic) bond motifs is 1. The summed E-state index contributed by atoms with van der Waals surface area (Å²) >= 11 is 0. The Kier molecular flexibility index (Phi) is 6.70. The zero-order valence-corrected chi connectivity index (χ0v) is 20.1. The van der Waals surface area contributed by atoms with Gasteiger partial charge in [-0.25, -0.2) is 0 Å². The van der Waals surface area contributed by atoms with Crippen molar-refractivity contribution in [2.75, 3.05) is 26.3 Å². The monoisotopic (exact) mass is 474 g/mol. The molecule has 0 bridgehead atoms. The molecule has 1 atom stereocenters. The minimum atomic E-state index is -0.0534. The minimum absolute atomic E-state index is 0.0534. The fourth-order valence-electron chi connectivity index (χ4n) is 4.62. The lowest BCUT2D eigenvalue weighted by molar-refractivity contribution is -0.127. The molecule has 1 aliphatic rings. The molecule has 0 radical (unpaired) electrons. The Morgan fingerprint density at radius 3 is 2.80 bits per heavy atom. The van der Waals surface area contributed by atoms with Gasteiger partial charge in [0.1, 0.15) is 0 Å². The first kappa shape index (κ1) is 23.0. The van der Waals surface area contributed by atoms with E-state index in [1.807, 2.05) is 61.3 Å². The first-order chi connectivity index (χ1) is 17.1. The van der Waals surface area contributed by atoms with Gasteiger partial charge in [0.05, 0.1) is 19.6 Å². The summed E-state index contributed by atoms with van der Waals surface area (Å²) in [5.41, 5.74) is 3.30. The lowest BCUT2D eigenvalue weighted by Crippen LogP contribution is -2.27. The van der Waals surface area contributed by atoms with Gasteiger partial charge in [0, 0.05) is 42.5 Å². The van der Waals surface area contributed by atoms with Crippen LogP contribution >= 0.6 is 0 Å². The lowest BCUT2D eigenvalue weighted by atomic mass is 10.1. The molecule has 3 heterocycles. The number of H-pyrrole nitrogens is 1. The number of hydrogen-bond donors (Lipinski definition) is 1. The summed E-state index contributed by atoms with van der Waals surface area (Å²) in [6.07, 6.45) is 3.68. The van der Waals surface area contributed by atoms with Crippen molar-refractivity contribution in [3.05, 3.63) is 71.5 Å². The number of carbonyl (C=O) groups is 1. The number of nitrogens with one attached hydrogen (secondary N) is 1. The standard InChI is InChI=1S/C27H30N4O4/c1-3-33-23-10-9-18(13-24(23)34-4-2)11-12-31-17-20(15-26(31)32)27-29-25(35-30-27)14-19-16-28-22-8-6-5-7-21(19)22/h5-10,13,16,20,28H,3-4,11-12,14-15,17H2,1-2H3. The summed E-state index contributed by atoms with van der Waals surface area (Å²) < 4.78 is 16.9. The predicted molar refractivity (Wildman–Crippen MR) is 132 cm³/mol. The van der Waals surface area contributed by atoms with Crippen molar-refractivity contribution in [1.82, 2.24) is 20.0 Å².